The Hall–Kier alpha value is -0.880. The summed E-state index contributed by atoms with van der Waals surface area (Å²) in [6.07, 6.45) is 1.18. The first kappa shape index (κ1) is 11.9. The van der Waals surface area contributed by atoms with Crippen molar-refractivity contribution in [2.45, 2.75) is 0 Å². The van der Waals surface area contributed by atoms with E-state index in [2.05, 4.69) is 41.5 Å². The highest BCUT2D eigenvalue weighted by Gasteiger charge is 1.73. The Labute approximate surface area is 69.5 Å². The number of rotatable bonds is 1. The molecule has 0 amide bonds. The Morgan fingerprint density at radius 1 is 1.50 bits per heavy atom. The van der Waals surface area contributed by atoms with Crippen LogP contribution in [0, 0.1) is 0 Å². The number of thiocarbonyl (C=S) groups is 2. The highest BCUT2D eigenvalue weighted by atomic mass is 32.1. The fourth-order valence-corrected chi connectivity index (χ4v) is 0.150. The topological polar surface area (TPSA) is 81.5 Å². The maximum absolute atomic E-state index is 7.56. The molecule has 0 aliphatic carbocycles. The highest BCUT2D eigenvalue weighted by molar-refractivity contribution is 7.80. The minimum atomic E-state index is -0.500. The molecule has 0 aromatic rings. The van der Waals surface area contributed by atoms with E-state index in [0.29, 0.717) is 0 Å². The quantitative estimate of drug-likeness (QED) is 0.394. The van der Waals surface area contributed by atoms with E-state index in [0.717, 1.165) is 0 Å². The second-order valence-electron chi connectivity index (χ2n) is 0.942. The Kier molecular flexibility index (Phi) is 9.63. The summed E-state index contributed by atoms with van der Waals surface area (Å²) in [6, 6.07) is 0. The first-order valence-corrected chi connectivity index (χ1v) is 2.87. The first-order valence-electron chi connectivity index (χ1n) is 2.06. The van der Waals surface area contributed by atoms with Crippen LogP contribution in [0.2, 0.25) is 0 Å². The van der Waals surface area contributed by atoms with E-state index in [1.165, 1.54) is 6.26 Å². The summed E-state index contributed by atoms with van der Waals surface area (Å²) in [5.74, 6) is 0. The molecule has 0 saturated carbocycles. The van der Waals surface area contributed by atoms with E-state index in [1.54, 1.807) is 0 Å². The molecule has 0 aromatic heterocycles. The highest BCUT2D eigenvalue weighted by Crippen LogP contribution is 1.68. The van der Waals surface area contributed by atoms with Gasteiger partial charge in [0.15, 0.2) is 0 Å². The summed E-state index contributed by atoms with van der Waals surface area (Å²) in [4.78, 5) is 0. The minimum Gasteiger partial charge on any atom is -0.487 e. The molecule has 4 nitrogen and oxygen atoms in total. The van der Waals surface area contributed by atoms with Crippen LogP contribution in [0.3, 0.4) is 0 Å². The lowest BCUT2D eigenvalue weighted by Crippen LogP contribution is -2.07. The molecule has 0 heterocycles. The average Bonchev–Trinajstić information content (AvgIpc) is 1.62. The number of aliphatic hydroxyl groups is 1. The molecule has 0 unspecified atom stereocenters. The van der Waals surface area contributed by atoms with E-state index in [-0.39, 0.29) is 5.17 Å². The van der Waals surface area contributed by atoms with Crippen LogP contribution in [0.15, 0.2) is 12.8 Å². The number of aliphatic hydroxyl groups excluding tert-OH is 1. The normalized spacial score (nSPS) is 6.40. The molecule has 0 fully saturated rings. The summed E-state index contributed by atoms with van der Waals surface area (Å²) in [6.45, 7) is 3.21. The van der Waals surface area contributed by atoms with Crippen molar-refractivity contribution < 1.29 is 9.84 Å². The van der Waals surface area contributed by atoms with E-state index in [9.17, 15) is 0 Å². The molecule has 10 heavy (non-hydrogen) atoms. The third-order valence-corrected chi connectivity index (χ3v) is 0.296. The molecule has 5 N–H and O–H groups in total. The van der Waals surface area contributed by atoms with Gasteiger partial charge >= 0.3 is 0 Å². The molecule has 0 spiro atoms. The van der Waals surface area contributed by atoms with Crippen LogP contribution in [-0.2, 0) is 4.74 Å². The van der Waals surface area contributed by atoms with Crippen LogP contribution in [0.4, 0.5) is 0 Å². The summed E-state index contributed by atoms with van der Waals surface area (Å²) < 4.78 is 4.31. The van der Waals surface area contributed by atoms with E-state index < -0.39 is 5.17 Å². The third kappa shape index (κ3) is 59.3. The zero-order valence-corrected chi connectivity index (χ0v) is 6.74. The lowest BCUT2D eigenvalue weighted by Gasteiger charge is -1.87. The molecular weight excluding hydrogens is 172 g/mol. The molecule has 0 aliphatic rings. The summed E-state index contributed by atoms with van der Waals surface area (Å²) in [5, 5.41) is 7.07. The molecule has 0 radical (unpaired) electrons. The molecule has 6 heteroatoms. The second-order valence-corrected chi connectivity index (χ2v) is 1.76. The maximum atomic E-state index is 7.56. The summed E-state index contributed by atoms with van der Waals surface area (Å²) >= 11 is 8.15. The molecule has 0 aromatic carbocycles. The molecule has 0 aliphatic heterocycles. The first-order chi connectivity index (χ1) is 4.50. The summed E-state index contributed by atoms with van der Waals surface area (Å²) in [5.41, 5.74) is 9.24. The number of hydrogen-bond donors (Lipinski definition) is 3. The number of hydrogen-bond acceptors (Lipinski definition) is 3. The van der Waals surface area contributed by atoms with Gasteiger partial charge in [-0.3, -0.25) is 0 Å². The van der Waals surface area contributed by atoms with Gasteiger partial charge < -0.3 is 21.3 Å². The second kappa shape index (κ2) is 8.12. The fourth-order valence-electron chi connectivity index (χ4n) is 0.0821. The van der Waals surface area contributed by atoms with Gasteiger partial charge in [-0.2, -0.15) is 0 Å². The van der Waals surface area contributed by atoms with Crippen LogP contribution in [0.5, 0.6) is 0 Å². The van der Waals surface area contributed by atoms with Crippen molar-refractivity contribution in [3.05, 3.63) is 12.8 Å². The largest absolute Gasteiger partial charge is 0.487 e. The third-order valence-electron chi connectivity index (χ3n) is 0.199. The van der Waals surface area contributed by atoms with Crippen LogP contribution in [0.25, 0.3) is 0 Å². The van der Waals surface area contributed by atoms with Gasteiger partial charge in [-0.25, -0.2) is 0 Å². The van der Waals surface area contributed by atoms with Crippen molar-refractivity contribution in [1.29, 1.82) is 0 Å². The van der Waals surface area contributed by atoms with Crippen LogP contribution in [-0.4, -0.2) is 15.5 Å². The van der Waals surface area contributed by atoms with Crippen molar-refractivity contribution in [3.8, 4) is 0 Å². The average molecular weight is 180 g/mol. The van der Waals surface area contributed by atoms with Gasteiger partial charge in [0.1, 0.15) is 0 Å². The maximum Gasteiger partial charge on any atom is 0.258 e. The van der Waals surface area contributed by atoms with Gasteiger partial charge in [-0.15, -0.1) is 0 Å². The van der Waals surface area contributed by atoms with Crippen LogP contribution >= 0.6 is 24.4 Å². The van der Waals surface area contributed by atoms with Crippen LogP contribution in [0.1, 0.15) is 0 Å². The van der Waals surface area contributed by atoms with Gasteiger partial charge in [0.2, 0.25) is 0 Å². The van der Waals surface area contributed by atoms with Crippen LogP contribution < -0.4 is 11.5 Å². The zero-order chi connectivity index (χ0) is 8.57. The predicted molar refractivity (Wildman–Crippen MR) is 47.5 cm³/mol. The van der Waals surface area contributed by atoms with Gasteiger partial charge in [-0.05, 0) is 24.4 Å². The van der Waals surface area contributed by atoms with E-state index in [4.69, 9.17) is 10.8 Å². The number of nitrogens with two attached hydrogens (primary N) is 2. The Morgan fingerprint density at radius 3 is 1.80 bits per heavy atom. The Balaban J connectivity index is 0. The van der Waals surface area contributed by atoms with Gasteiger partial charge in [0, 0.05) is 0 Å². The molecular formula is C4H8N2O2S2. The van der Waals surface area contributed by atoms with Gasteiger partial charge in [0.05, 0.1) is 6.26 Å². The van der Waals surface area contributed by atoms with Crippen molar-refractivity contribution in [3.63, 3.8) is 0 Å². The minimum absolute atomic E-state index is 0.00463. The SMILES string of the molecule is C=COC(N)=S.NC(O)=S. The van der Waals surface area contributed by atoms with Crippen molar-refractivity contribution >= 4 is 34.8 Å². The smallest absolute Gasteiger partial charge is 0.258 e. The van der Waals surface area contributed by atoms with E-state index in [1.807, 2.05) is 0 Å². The molecule has 0 bridgehead atoms. The lowest BCUT2D eigenvalue weighted by molar-refractivity contribution is 0.480. The fraction of sp³-hybridized carbons (Fsp3) is 0. The van der Waals surface area contributed by atoms with Crippen molar-refractivity contribution in [2.75, 3.05) is 0 Å². The Morgan fingerprint density at radius 2 is 1.80 bits per heavy atom. The summed E-state index contributed by atoms with van der Waals surface area (Å²) in [7, 11) is 0. The standard InChI is InChI=1S/C3H5NOS.CH3NOS/c1-2-5-3(4)6;2-1(3)4/h2H,1H2,(H2,4,6);(H3,2,3,4). The van der Waals surface area contributed by atoms with Crippen molar-refractivity contribution in [1.82, 2.24) is 0 Å². The molecule has 58 valence electrons. The van der Waals surface area contributed by atoms with Gasteiger partial charge in [-0.1, -0.05) is 6.58 Å². The number of ether oxygens (including phenoxy) is 1. The van der Waals surface area contributed by atoms with Gasteiger partial charge in [0.25, 0.3) is 10.3 Å². The molecule has 0 saturated heterocycles. The monoisotopic (exact) mass is 180 g/mol. The van der Waals surface area contributed by atoms with Crippen molar-refractivity contribution in [2.24, 2.45) is 11.5 Å². The van der Waals surface area contributed by atoms with E-state index >= 15 is 0 Å². The molecule has 0 atom stereocenters. The predicted octanol–water partition coefficient (Wildman–Crippen LogP) is 0.178. The lowest BCUT2D eigenvalue weighted by atomic mass is 11.1. The molecule has 0 rings (SSSR count). The Bertz CT molecular complexity index is 133. The zero-order valence-electron chi connectivity index (χ0n) is 5.11.